The maximum atomic E-state index is 14.0. The fourth-order valence-electron chi connectivity index (χ4n) is 11.1. The van der Waals surface area contributed by atoms with Gasteiger partial charge in [0.25, 0.3) is 0 Å². The predicted molar refractivity (Wildman–Crippen MR) is 266 cm³/mol. The number of amides is 3. The van der Waals surface area contributed by atoms with E-state index in [1.165, 1.54) is 43.7 Å². The van der Waals surface area contributed by atoms with Crippen LogP contribution < -0.4 is 20.9 Å². The number of aliphatic hydroxyl groups excluding tert-OH is 1. The van der Waals surface area contributed by atoms with Gasteiger partial charge in [0.05, 0.1) is 23.5 Å². The van der Waals surface area contributed by atoms with Gasteiger partial charge in [0.2, 0.25) is 17.7 Å². The number of terminal acetylenes is 1. The average Bonchev–Trinajstić information content (AvgIpc) is 3.75. The molecule has 0 unspecified atom stereocenters. The molecule has 0 saturated carbocycles. The monoisotopic (exact) mass is 931 g/mol. The third-order valence-corrected chi connectivity index (χ3v) is 15.1. The summed E-state index contributed by atoms with van der Waals surface area (Å²) in [7, 11) is 0. The molecule has 366 valence electrons. The molecule has 15 heteroatoms. The SMILES string of the molecule is C#Cc1ccc(CNC(=O)[C@@H]2C[C@@H](O)CN2C(=O)[C@@H](NC(=O)CCCCCCCN2CCC(N3CCC(N4CCN5c6cc(-c7ccccc7O)nnc6NC[C@H]5C4)CC3)CC2)C(C)(C)C)cc1. The zero-order chi connectivity index (χ0) is 47.8. The van der Waals surface area contributed by atoms with Gasteiger partial charge in [-0.1, -0.05) is 70.2 Å². The van der Waals surface area contributed by atoms with E-state index in [2.05, 4.69) is 57.7 Å². The van der Waals surface area contributed by atoms with Crippen LogP contribution in [0.2, 0.25) is 0 Å². The van der Waals surface area contributed by atoms with Crippen molar-refractivity contribution < 1.29 is 24.6 Å². The molecule has 3 aromatic rings. The average molecular weight is 931 g/mol. The van der Waals surface area contributed by atoms with E-state index in [0.717, 1.165) is 101 Å². The van der Waals surface area contributed by atoms with Crippen molar-refractivity contribution in [2.45, 2.75) is 134 Å². The molecule has 3 amide bonds. The number of carbonyl (C=O) groups is 3. The third kappa shape index (κ3) is 12.1. The van der Waals surface area contributed by atoms with Gasteiger partial charge in [0, 0.05) is 75.3 Å². The number of piperidine rings is 2. The van der Waals surface area contributed by atoms with Crippen LogP contribution in [0, 0.1) is 17.8 Å². The maximum absolute atomic E-state index is 14.0. The molecule has 1 aromatic heterocycles. The molecule has 2 aromatic carbocycles. The van der Waals surface area contributed by atoms with Gasteiger partial charge < -0.3 is 45.8 Å². The molecular formula is C53H74N10O5. The summed E-state index contributed by atoms with van der Waals surface area (Å²) in [6.07, 6.45) is 15.2. The lowest BCUT2D eigenvalue weighted by atomic mass is 9.85. The Labute approximate surface area is 403 Å². The number of rotatable bonds is 16. The third-order valence-electron chi connectivity index (χ3n) is 15.1. The maximum Gasteiger partial charge on any atom is 0.246 e. The number of likely N-dealkylation sites (tertiary alicyclic amines) is 3. The Morgan fingerprint density at radius 2 is 1.56 bits per heavy atom. The van der Waals surface area contributed by atoms with E-state index in [-0.39, 0.29) is 43.0 Å². The number of piperazine rings is 1. The molecule has 4 fully saturated rings. The van der Waals surface area contributed by atoms with Crippen LogP contribution in [-0.4, -0.2) is 159 Å². The molecule has 0 bridgehead atoms. The number of phenols is 1. The van der Waals surface area contributed by atoms with Crippen LogP contribution in [0.1, 0.15) is 103 Å². The minimum Gasteiger partial charge on any atom is -0.507 e. The smallest absolute Gasteiger partial charge is 0.246 e. The molecule has 5 aliphatic heterocycles. The van der Waals surface area contributed by atoms with E-state index < -0.39 is 23.6 Å². The van der Waals surface area contributed by atoms with Crippen LogP contribution in [0.3, 0.4) is 0 Å². The molecule has 15 nitrogen and oxygen atoms in total. The van der Waals surface area contributed by atoms with Crippen LogP contribution in [0.5, 0.6) is 5.75 Å². The van der Waals surface area contributed by atoms with E-state index in [0.29, 0.717) is 35.8 Å². The van der Waals surface area contributed by atoms with Gasteiger partial charge in [-0.15, -0.1) is 16.6 Å². The summed E-state index contributed by atoms with van der Waals surface area (Å²) in [6, 6.07) is 16.8. The highest BCUT2D eigenvalue weighted by Crippen LogP contribution is 2.37. The molecule has 4 atom stereocenters. The number of phenolic OH excluding ortho intramolecular Hbond substituents is 1. The van der Waals surface area contributed by atoms with E-state index in [9.17, 15) is 24.6 Å². The second-order valence-electron chi connectivity index (χ2n) is 20.9. The van der Waals surface area contributed by atoms with Crippen LogP contribution in [0.15, 0.2) is 54.6 Å². The zero-order valence-electron chi connectivity index (χ0n) is 40.5. The van der Waals surface area contributed by atoms with Gasteiger partial charge >= 0.3 is 0 Å². The molecule has 4 saturated heterocycles. The second kappa shape index (κ2) is 22.4. The van der Waals surface area contributed by atoms with Gasteiger partial charge in [0.1, 0.15) is 17.8 Å². The number of benzene rings is 2. The van der Waals surface area contributed by atoms with E-state index in [4.69, 9.17) is 6.42 Å². The zero-order valence-corrected chi connectivity index (χ0v) is 40.5. The Balaban J connectivity index is 0.688. The number of anilines is 2. The molecule has 6 heterocycles. The Hall–Kier alpha value is -5.27. The Morgan fingerprint density at radius 3 is 2.29 bits per heavy atom. The Morgan fingerprint density at radius 1 is 0.853 bits per heavy atom. The number of hydrogen-bond donors (Lipinski definition) is 5. The van der Waals surface area contributed by atoms with Crippen molar-refractivity contribution in [1.29, 1.82) is 0 Å². The lowest BCUT2D eigenvalue weighted by molar-refractivity contribution is -0.144. The number of carbonyl (C=O) groups excluding carboxylic acids is 3. The van der Waals surface area contributed by atoms with Gasteiger partial charge in [0.15, 0.2) is 5.82 Å². The van der Waals surface area contributed by atoms with Crippen LogP contribution >= 0.6 is 0 Å². The fraction of sp³-hybridized carbons (Fsp3) is 0.604. The van der Waals surface area contributed by atoms with E-state index in [1.54, 1.807) is 6.07 Å². The summed E-state index contributed by atoms with van der Waals surface area (Å²) in [5, 5.41) is 39.3. The number of aromatic hydroxyl groups is 1. The van der Waals surface area contributed by atoms with E-state index >= 15 is 0 Å². The van der Waals surface area contributed by atoms with Crippen LogP contribution in [0.25, 0.3) is 11.3 Å². The number of aromatic nitrogens is 2. The summed E-state index contributed by atoms with van der Waals surface area (Å²) < 4.78 is 0. The van der Waals surface area contributed by atoms with E-state index in [1.807, 2.05) is 63.2 Å². The lowest BCUT2D eigenvalue weighted by Crippen LogP contribution is -2.61. The van der Waals surface area contributed by atoms with Gasteiger partial charge in [-0.05, 0) is 113 Å². The number of fused-ring (bicyclic) bond motifs is 3. The molecule has 0 spiro atoms. The number of nitrogens with zero attached hydrogens (tertiary/aromatic N) is 7. The molecule has 0 radical (unpaired) electrons. The summed E-state index contributed by atoms with van der Waals surface area (Å²) >= 11 is 0. The predicted octanol–water partition coefficient (Wildman–Crippen LogP) is 4.83. The van der Waals surface area contributed by atoms with Crippen LogP contribution in [0.4, 0.5) is 11.5 Å². The normalized spacial score (nSPS) is 22.4. The van der Waals surface area contributed by atoms with Gasteiger partial charge in [-0.25, -0.2) is 0 Å². The fourth-order valence-corrected chi connectivity index (χ4v) is 11.1. The number of β-amino-alcohol motifs (C(OH)–C–C–N with tert-alkyl or cyclic N) is 1. The first kappa shape index (κ1) is 49.2. The molecule has 0 aliphatic carbocycles. The second-order valence-corrected chi connectivity index (χ2v) is 20.9. The summed E-state index contributed by atoms with van der Waals surface area (Å²) in [6.45, 7) is 15.8. The van der Waals surface area contributed by atoms with Crippen molar-refractivity contribution in [3.63, 3.8) is 0 Å². The van der Waals surface area contributed by atoms with Crippen molar-refractivity contribution in [2.75, 3.05) is 75.7 Å². The standard InChI is InChI=1S/C53H74N10O5/c1-5-37-16-18-38(19-17-37)33-55-51(67)46-31-42(64)36-63(46)52(68)49(53(2,3)4)56-48(66)15-9-7-6-8-12-24-59-25-20-39(21-26-59)60-27-22-40(23-28-60)61-29-30-62-41(35-61)34-54-50-45(62)32-44(57-58-50)43-13-10-11-14-47(43)65/h1,10-11,13-14,16-19,32,39-42,46,49,64-65H,6-9,12,15,20-31,33-36H2,2-4H3,(H,54,58)(H,55,67)(H,56,66)/t41-,42+,46-,49+/m0/s1. The van der Waals surface area contributed by atoms with Crippen molar-refractivity contribution >= 4 is 29.2 Å². The summed E-state index contributed by atoms with van der Waals surface area (Å²) in [5.41, 5.74) is 3.52. The number of hydrogen-bond acceptors (Lipinski definition) is 12. The number of para-hydroxylation sites is 1. The molecule has 68 heavy (non-hydrogen) atoms. The summed E-state index contributed by atoms with van der Waals surface area (Å²) in [4.78, 5) is 52.6. The van der Waals surface area contributed by atoms with Crippen molar-refractivity contribution in [2.24, 2.45) is 5.41 Å². The Bertz CT molecular complexity index is 2230. The highest BCUT2D eigenvalue weighted by Gasteiger charge is 2.44. The highest BCUT2D eigenvalue weighted by atomic mass is 16.3. The van der Waals surface area contributed by atoms with Crippen molar-refractivity contribution in [3.05, 3.63) is 65.7 Å². The topological polar surface area (TPSA) is 170 Å². The van der Waals surface area contributed by atoms with Crippen molar-refractivity contribution in [3.8, 4) is 29.4 Å². The number of aliphatic hydroxyl groups is 1. The molecule has 8 rings (SSSR count). The lowest BCUT2D eigenvalue weighted by Gasteiger charge is -2.50. The van der Waals surface area contributed by atoms with Crippen molar-refractivity contribution in [1.82, 2.24) is 40.4 Å². The minimum absolute atomic E-state index is 0.0473. The number of nitrogens with one attached hydrogen (secondary N) is 3. The molecular weight excluding hydrogens is 857 g/mol. The highest BCUT2D eigenvalue weighted by molar-refractivity contribution is 5.93. The van der Waals surface area contributed by atoms with Crippen LogP contribution in [-0.2, 0) is 20.9 Å². The summed E-state index contributed by atoms with van der Waals surface area (Å²) in [5.74, 6) is 2.79. The minimum atomic E-state index is -0.825. The first-order valence-corrected chi connectivity index (χ1v) is 25.3. The molecule has 5 N–H and O–H groups in total. The largest absolute Gasteiger partial charge is 0.507 e. The van der Waals surface area contributed by atoms with Gasteiger partial charge in [-0.3, -0.25) is 19.3 Å². The first-order chi connectivity index (χ1) is 32.8. The quantitative estimate of drug-likeness (QED) is 0.0983. The first-order valence-electron chi connectivity index (χ1n) is 25.3. The molecule has 5 aliphatic rings. The Kier molecular flexibility index (Phi) is 16.2. The number of unbranched alkanes of at least 4 members (excludes halogenated alkanes) is 4. The van der Waals surface area contributed by atoms with Gasteiger partial charge in [-0.2, -0.15) is 0 Å².